The van der Waals surface area contributed by atoms with Crippen LogP contribution in [0.4, 0.5) is 23.7 Å². The Morgan fingerprint density at radius 3 is 2.50 bits per heavy atom. The number of urea groups is 1. The normalized spacial score (nSPS) is 21.4. The van der Waals surface area contributed by atoms with Crippen LogP contribution in [0.3, 0.4) is 0 Å². The van der Waals surface area contributed by atoms with Crippen LogP contribution in [0.1, 0.15) is 25.7 Å². The Balaban J connectivity index is 1.41. The lowest BCUT2D eigenvalue weighted by molar-refractivity contribution is -0.234. The number of hydrogen-bond donors (Lipinski definition) is 1. The molecular formula is C19H22F3N5O. The van der Waals surface area contributed by atoms with Crippen LogP contribution in [-0.4, -0.2) is 45.0 Å². The fourth-order valence-corrected chi connectivity index (χ4v) is 4.36. The van der Waals surface area contributed by atoms with Crippen LogP contribution in [0, 0.1) is 11.3 Å². The van der Waals surface area contributed by atoms with Gasteiger partial charge in [0.25, 0.3) is 0 Å². The molecule has 2 heterocycles. The Morgan fingerprint density at radius 1 is 1.25 bits per heavy atom. The molecule has 1 spiro atoms. The maximum Gasteiger partial charge on any atom is 0.392 e. The highest BCUT2D eigenvalue weighted by molar-refractivity contribution is 5.89. The van der Waals surface area contributed by atoms with E-state index < -0.39 is 17.5 Å². The number of aromatic nitrogens is 3. The molecule has 1 aromatic heterocycles. The molecule has 1 aliphatic carbocycles. The van der Waals surface area contributed by atoms with Gasteiger partial charge in [-0.15, -0.1) is 0 Å². The van der Waals surface area contributed by atoms with Crippen LogP contribution in [0.15, 0.2) is 30.6 Å². The minimum absolute atomic E-state index is 0.0266. The third-order valence-electron chi connectivity index (χ3n) is 5.96. The largest absolute Gasteiger partial charge is 0.392 e. The number of piperidine rings is 1. The molecule has 2 fully saturated rings. The number of aryl methyl sites for hydroxylation is 1. The van der Waals surface area contributed by atoms with Crippen LogP contribution in [0.2, 0.25) is 0 Å². The predicted octanol–water partition coefficient (Wildman–Crippen LogP) is 4.07. The molecule has 0 bridgehead atoms. The summed E-state index contributed by atoms with van der Waals surface area (Å²) in [5.74, 6) is -0.718. The van der Waals surface area contributed by atoms with Crippen molar-refractivity contribution in [2.45, 2.75) is 31.9 Å². The van der Waals surface area contributed by atoms with E-state index in [0.717, 1.165) is 12.0 Å². The maximum absolute atomic E-state index is 13.4. The minimum atomic E-state index is -4.20. The summed E-state index contributed by atoms with van der Waals surface area (Å²) in [4.78, 5) is 18.3. The van der Waals surface area contributed by atoms with Crippen LogP contribution in [0.25, 0.3) is 11.4 Å². The van der Waals surface area contributed by atoms with Crippen molar-refractivity contribution >= 4 is 11.7 Å². The number of rotatable bonds is 2. The first-order valence-corrected chi connectivity index (χ1v) is 9.36. The molecule has 1 saturated heterocycles. The number of alkyl halides is 3. The lowest BCUT2D eigenvalue weighted by atomic mass is 9.58. The number of nitrogens with zero attached hydrogens (tertiary/aromatic N) is 4. The maximum atomic E-state index is 13.4. The highest BCUT2D eigenvalue weighted by Gasteiger charge is 2.58. The van der Waals surface area contributed by atoms with E-state index >= 15 is 0 Å². The van der Waals surface area contributed by atoms with Gasteiger partial charge in [-0.3, -0.25) is 4.68 Å². The number of nitrogens with one attached hydrogen (secondary N) is 1. The quantitative estimate of drug-likeness (QED) is 0.837. The summed E-state index contributed by atoms with van der Waals surface area (Å²) in [5.41, 5.74) is 0.603. The average Bonchev–Trinajstić information content (AvgIpc) is 3.06. The van der Waals surface area contributed by atoms with E-state index in [2.05, 4.69) is 15.4 Å². The lowest BCUT2D eigenvalue weighted by Crippen LogP contribution is -2.58. The fraction of sp³-hybridized carbons (Fsp3) is 0.526. The van der Waals surface area contributed by atoms with Crippen LogP contribution in [-0.2, 0) is 7.05 Å². The van der Waals surface area contributed by atoms with Crippen molar-refractivity contribution in [3.05, 3.63) is 30.6 Å². The molecule has 6 nitrogen and oxygen atoms in total. The number of anilines is 1. The van der Waals surface area contributed by atoms with Crippen molar-refractivity contribution in [3.63, 3.8) is 0 Å². The van der Waals surface area contributed by atoms with Gasteiger partial charge >= 0.3 is 12.2 Å². The van der Waals surface area contributed by atoms with Gasteiger partial charge in [-0.2, -0.15) is 18.3 Å². The molecule has 4 rings (SSSR count). The Bertz CT molecular complexity index is 857. The van der Waals surface area contributed by atoms with E-state index in [0.29, 0.717) is 24.4 Å². The zero-order valence-electron chi connectivity index (χ0n) is 15.5. The van der Waals surface area contributed by atoms with Gasteiger partial charge in [-0.05, 0) is 48.9 Å². The molecule has 0 radical (unpaired) electrons. The summed E-state index contributed by atoms with van der Waals surface area (Å²) in [6.45, 7) is 0.284. The van der Waals surface area contributed by atoms with Gasteiger partial charge in [-0.25, -0.2) is 9.78 Å². The van der Waals surface area contributed by atoms with Gasteiger partial charge in [0.15, 0.2) is 5.82 Å². The standard InChI is InChI=1S/C19H22F3N5O/c1-26-12-23-16(25-26)13-3-5-14(6-4-13)24-17(28)27-10-7-15(19(20,21)22)18(11-27)8-2-9-18/h3-6,12,15H,2,7-11H2,1H3,(H,24,28). The van der Waals surface area contributed by atoms with Gasteiger partial charge in [0.1, 0.15) is 6.33 Å². The molecule has 2 amide bonds. The van der Waals surface area contributed by atoms with Crippen LogP contribution in [0.5, 0.6) is 0 Å². The third-order valence-corrected chi connectivity index (χ3v) is 5.96. The van der Waals surface area contributed by atoms with Gasteiger partial charge in [0.2, 0.25) is 0 Å². The Kier molecular flexibility index (Phi) is 4.55. The van der Waals surface area contributed by atoms with Crippen LogP contribution >= 0.6 is 0 Å². The molecular weight excluding hydrogens is 371 g/mol. The smallest absolute Gasteiger partial charge is 0.324 e. The topological polar surface area (TPSA) is 63.1 Å². The molecule has 1 saturated carbocycles. The van der Waals surface area contributed by atoms with E-state index in [-0.39, 0.29) is 25.5 Å². The number of carbonyl (C=O) groups excluding carboxylic acids is 1. The lowest BCUT2D eigenvalue weighted by Gasteiger charge is -2.54. The minimum Gasteiger partial charge on any atom is -0.324 e. The molecule has 2 aliphatic rings. The first kappa shape index (κ1) is 18.8. The zero-order chi connectivity index (χ0) is 19.9. The molecule has 150 valence electrons. The SMILES string of the molecule is Cn1cnc(-c2ccc(NC(=O)N3CCC(C(F)(F)F)C4(CCC4)C3)cc2)n1. The monoisotopic (exact) mass is 393 g/mol. The summed E-state index contributed by atoms with van der Waals surface area (Å²) in [6.07, 6.45) is -0.754. The summed E-state index contributed by atoms with van der Waals surface area (Å²) >= 11 is 0. The summed E-state index contributed by atoms with van der Waals surface area (Å²) in [7, 11) is 1.78. The van der Waals surface area contributed by atoms with E-state index in [4.69, 9.17) is 0 Å². The third kappa shape index (κ3) is 3.45. The summed E-state index contributed by atoms with van der Waals surface area (Å²) in [6, 6.07) is 6.73. The second kappa shape index (κ2) is 6.79. The zero-order valence-corrected chi connectivity index (χ0v) is 15.5. The number of hydrogen-bond acceptors (Lipinski definition) is 3. The summed E-state index contributed by atoms with van der Waals surface area (Å²) < 4.78 is 41.7. The molecule has 9 heteroatoms. The van der Waals surface area contributed by atoms with E-state index in [1.54, 1.807) is 42.3 Å². The number of amides is 2. The number of likely N-dealkylation sites (tertiary alicyclic amines) is 1. The van der Waals surface area contributed by atoms with E-state index in [1.165, 1.54) is 4.90 Å². The fourth-order valence-electron chi connectivity index (χ4n) is 4.36. The second-order valence-corrected chi connectivity index (χ2v) is 7.77. The van der Waals surface area contributed by atoms with E-state index in [1.807, 2.05) is 0 Å². The molecule has 1 aliphatic heterocycles. The first-order chi connectivity index (χ1) is 13.3. The molecule has 1 atom stereocenters. The van der Waals surface area contributed by atoms with Crippen molar-refractivity contribution in [2.75, 3.05) is 18.4 Å². The molecule has 2 aromatic rings. The average molecular weight is 393 g/mol. The number of benzene rings is 1. The Labute approximate surface area is 160 Å². The first-order valence-electron chi connectivity index (χ1n) is 9.36. The van der Waals surface area contributed by atoms with E-state index in [9.17, 15) is 18.0 Å². The van der Waals surface area contributed by atoms with Crippen molar-refractivity contribution in [2.24, 2.45) is 18.4 Å². The highest BCUT2D eigenvalue weighted by Crippen LogP contribution is 2.56. The van der Waals surface area contributed by atoms with Gasteiger partial charge in [-0.1, -0.05) is 6.42 Å². The predicted molar refractivity (Wildman–Crippen MR) is 97.5 cm³/mol. The van der Waals surface area contributed by atoms with Gasteiger partial charge < -0.3 is 10.2 Å². The molecule has 1 N–H and O–H groups in total. The van der Waals surface area contributed by atoms with Gasteiger partial charge in [0, 0.05) is 31.4 Å². The van der Waals surface area contributed by atoms with Crippen molar-refractivity contribution in [3.8, 4) is 11.4 Å². The summed E-state index contributed by atoms with van der Waals surface area (Å²) in [5, 5.41) is 7.02. The Morgan fingerprint density at radius 2 is 1.96 bits per heavy atom. The molecule has 28 heavy (non-hydrogen) atoms. The van der Waals surface area contributed by atoms with Crippen molar-refractivity contribution in [1.29, 1.82) is 0 Å². The number of halogens is 3. The van der Waals surface area contributed by atoms with Crippen LogP contribution < -0.4 is 5.32 Å². The highest BCUT2D eigenvalue weighted by atomic mass is 19.4. The van der Waals surface area contributed by atoms with Crippen molar-refractivity contribution in [1.82, 2.24) is 19.7 Å². The second-order valence-electron chi connectivity index (χ2n) is 7.77. The number of carbonyl (C=O) groups is 1. The van der Waals surface area contributed by atoms with Gasteiger partial charge in [0.05, 0.1) is 5.92 Å². The molecule has 1 unspecified atom stereocenters. The Hall–Kier alpha value is -2.58. The van der Waals surface area contributed by atoms with Crippen molar-refractivity contribution < 1.29 is 18.0 Å². The molecule has 1 aromatic carbocycles.